The standard InChI is InChI=1S/C12H19NO2S/c1-4-9-6-7-10(16-9)8-13-11(5-2)12(14)15-3/h6-7,11,13H,4-5,8H2,1-3H3. The van der Waals surface area contributed by atoms with Gasteiger partial charge in [0.15, 0.2) is 0 Å². The Kier molecular flexibility index (Phi) is 5.49. The maximum atomic E-state index is 11.3. The number of methoxy groups -OCH3 is 1. The summed E-state index contributed by atoms with van der Waals surface area (Å²) in [5.74, 6) is -0.185. The Hall–Kier alpha value is -0.870. The molecular formula is C12H19NO2S. The minimum atomic E-state index is -0.197. The van der Waals surface area contributed by atoms with Crippen molar-refractivity contribution in [2.24, 2.45) is 0 Å². The predicted octanol–water partition coefficient (Wildman–Crippen LogP) is 2.35. The zero-order chi connectivity index (χ0) is 12.0. The smallest absolute Gasteiger partial charge is 0.322 e. The summed E-state index contributed by atoms with van der Waals surface area (Å²) in [5.41, 5.74) is 0. The molecule has 0 radical (unpaired) electrons. The van der Waals surface area contributed by atoms with Gasteiger partial charge in [-0.2, -0.15) is 0 Å². The molecule has 0 aliphatic rings. The van der Waals surface area contributed by atoms with Crippen molar-refractivity contribution in [2.45, 2.75) is 39.3 Å². The van der Waals surface area contributed by atoms with Gasteiger partial charge >= 0.3 is 5.97 Å². The highest BCUT2D eigenvalue weighted by Crippen LogP contribution is 2.16. The van der Waals surface area contributed by atoms with Crippen LogP contribution in [0, 0.1) is 0 Å². The van der Waals surface area contributed by atoms with Crippen molar-refractivity contribution >= 4 is 17.3 Å². The molecule has 1 N–H and O–H groups in total. The number of aryl methyl sites for hydroxylation is 1. The van der Waals surface area contributed by atoms with Crippen molar-refractivity contribution in [1.29, 1.82) is 0 Å². The van der Waals surface area contributed by atoms with Crippen LogP contribution in [-0.2, 0) is 22.5 Å². The van der Waals surface area contributed by atoms with Crippen molar-refractivity contribution in [3.8, 4) is 0 Å². The first-order valence-electron chi connectivity index (χ1n) is 5.60. The molecule has 1 unspecified atom stereocenters. The Morgan fingerprint density at radius 3 is 2.62 bits per heavy atom. The number of hydrogen-bond donors (Lipinski definition) is 1. The van der Waals surface area contributed by atoms with Crippen LogP contribution in [-0.4, -0.2) is 19.1 Å². The van der Waals surface area contributed by atoms with Gasteiger partial charge in [0, 0.05) is 16.3 Å². The molecule has 4 heteroatoms. The van der Waals surface area contributed by atoms with E-state index in [0.717, 1.165) is 19.4 Å². The van der Waals surface area contributed by atoms with Gasteiger partial charge in [-0.3, -0.25) is 10.1 Å². The van der Waals surface area contributed by atoms with Gasteiger partial charge in [0.2, 0.25) is 0 Å². The van der Waals surface area contributed by atoms with E-state index in [1.165, 1.54) is 16.9 Å². The lowest BCUT2D eigenvalue weighted by Crippen LogP contribution is -2.36. The summed E-state index contributed by atoms with van der Waals surface area (Å²) in [6, 6.07) is 4.05. The second-order valence-electron chi connectivity index (χ2n) is 3.59. The number of ether oxygens (including phenoxy) is 1. The molecule has 16 heavy (non-hydrogen) atoms. The number of hydrogen-bond acceptors (Lipinski definition) is 4. The zero-order valence-electron chi connectivity index (χ0n) is 10.1. The van der Waals surface area contributed by atoms with Crippen LogP contribution in [0.3, 0.4) is 0 Å². The van der Waals surface area contributed by atoms with Crippen LogP contribution in [0.15, 0.2) is 12.1 Å². The third kappa shape index (κ3) is 3.61. The first kappa shape index (κ1) is 13.2. The predicted molar refractivity (Wildman–Crippen MR) is 66.6 cm³/mol. The third-order valence-electron chi connectivity index (χ3n) is 2.48. The number of carbonyl (C=O) groups is 1. The van der Waals surface area contributed by atoms with E-state index in [4.69, 9.17) is 4.74 Å². The second kappa shape index (κ2) is 6.66. The summed E-state index contributed by atoms with van der Waals surface area (Å²) in [6.45, 7) is 4.85. The molecule has 1 rings (SSSR count). The molecule has 0 aromatic carbocycles. The fourth-order valence-corrected chi connectivity index (χ4v) is 2.38. The molecular weight excluding hydrogens is 222 g/mol. The molecule has 1 aromatic heterocycles. The second-order valence-corrected chi connectivity index (χ2v) is 4.84. The SMILES string of the molecule is CCc1ccc(CNC(CC)C(=O)OC)s1. The first-order chi connectivity index (χ1) is 7.71. The topological polar surface area (TPSA) is 38.3 Å². The van der Waals surface area contributed by atoms with Gasteiger partial charge in [0.25, 0.3) is 0 Å². The van der Waals surface area contributed by atoms with Crippen molar-refractivity contribution in [2.75, 3.05) is 7.11 Å². The van der Waals surface area contributed by atoms with Crippen molar-refractivity contribution in [3.05, 3.63) is 21.9 Å². The van der Waals surface area contributed by atoms with Crippen LogP contribution in [0.5, 0.6) is 0 Å². The lowest BCUT2D eigenvalue weighted by Gasteiger charge is -2.13. The molecule has 0 saturated heterocycles. The molecule has 0 bridgehead atoms. The Morgan fingerprint density at radius 2 is 2.12 bits per heavy atom. The van der Waals surface area contributed by atoms with Gasteiger partial charge < -0.3 is 4.74 Å². The van der Waals surface area contributed by atoms with Gasteiger partial charge in [-0.15, -0.1) is 11.3 Å². The molecule has 1 heterocycles. The number of rotatable bonds is 6. The van der Waals surface area contributed by atoms with E-state index in [1.807, 2.05) is 6.92 Å². The molecule has 1 atom stereocenters. The minimum absolute atomic E-state index is 0.185. The number of thiophene rings is 1. The quantitative estimate of drug-likeness (QED) is 0.777. The summed E-state index contributed by atoms with van der Waals surface area (Å²) in [5, 5.41) is 3.21. The Balaban J connectivity index is 2.46. The van der Waals surface area contributed by atoms with Crippen molar-refractivity contribution in [3.63, 3.8) is 0 Å². The van der Waals surface area contributed by atoms with Gasteiger partial charge in [-0.05, 0) is 25.0 Å². The summed E-state index contributed by atoms with van der Waals surface area (Å²) >= 11 is 1.79. The Morgan fingerprint density at radius 1 is 1.44 bits per heavy atom. The number of carbonyl (C=O) groups excluding carboxylic acids is 1. The van der Waals surface area contributed by atoms with E-state index in [9.17, 15) is 4.79 Å². The molecule has 0 amide bonds. The highest BCUT2D eigenvalue weighted by atomic mass is 32.1. The lowest BCUT2D eigenvalue weighted by atomic mass is 10.2. The lowest BCUT2D eigenvalue weighted by molar-refractivity contribution is -0.143. The zero-order valence-corrected chi connectivity index (χ0v) is 10.9. The highest BCUT2D eigenvalue weighted by Gasteiger charge is 2.15. The highest BCUT2D eigenvalue weighted by molar-refractivity contribution is 7.11. The van der Waals surface area contributed by atoms with Crippen LogP contribution in [0.25, 0.3) is 0 Å². The molecule has 0 aliphatic heterocycles. The summed E-state index contributed by atoms with van der Waals surface area (Å²) in [7, 11) is 1.42. The Labute approximate surface area is 101 Å². The van der Waals surface area contributed by atoms with Crippen LogP contribution in [0.4, 0.5) is 0 Å². The molecule has 1 aromatic rings. The third-order valence-corrected chi connectivity index (χ3v) is 3.71. The minimum Gasteiger partial charge on any atom is -0.468 e. The normalized spacial score (nSPS) is 12.4. The summed E-state index contributed by atoms with van der Waals surface area (Å²) < 4.78 is 4.72. The average Bonchev–Trinajstić information content (AvgIpc) is 2.77. The molecule has 3 nitrogen and oxygen atoms in total. The van der Waals surface area contributed by atoms with Gasteiger partial charge in [-0.1, -0.05) is 13.8 Å². The first-order valence-corrected chi connectivity index (χ1v) is 6.41. The largest absolute Gasteiger partial charge is 0.468 e. The molecule has 0 spiro atoms. The van der Waals surface area contributed by atoms with Crippen LogP contribution in [0.2, 0.25) is 0 Å². The maximum absolute atomic E-state index is 11.3. The van der Waals surface area contributed by atoms with E-state index in [-0.39, 0.29) is 12.0 Å². The van der Waals surface area contributed by atoms with Gasteiger partial charge in [0.05, 0.1) is 7.11 Å². The number of nitrogens with one attached hydrogen (secondary N) is 1. The Bertz CT molecular complexity index is 336. The molecule has 0 saturated carbocycles. The fourth-order valence-electron chi connectivity index (χ4n) is 1.47. The van der Waals surface area contributed by atoms with Crippen molar-refractivity contribution < 1.29 is 9.53 Å². The van der Waals surface area contributed by atoms with Gasteiger partial charge in [0.1, 0.15) is 6.04 Å². The maximum Gasteiger partial charge on any atom is 0.322 e. The molecule has 0 fully saturated rings. The van der Waals surface area contributed by atoms with Crippen LogP contribution < -0.4 is 5.32 Å². The summed E-state index contributed by atoms with van der Waals surface area (Å²) in [6.07, 6.45) is 1.82. The van der Waals surface area contributed by atoms with Crippen molar-refractivity contribution in [1.82, 2.24) is 5.32 Å². The van der Waals surface area contributed by atoms with Crippen LogP contribution >= 0.6 is 11.3 Å². The van der Waals surface area contributed by atoms with Gasteiger partial charge in [-0.25, -0.2) is 0 Å². The van der Waals surface area contributed by atoms with E-state index in [1.54, 1.807) is 11.3 Å². The van der Waals surface area contributed by atoms with E-state index in [0.29, 0.717) is 0 Å². The fraction of sp³-hybridized carbons (Fsp3) is 0.583. The molecule has 0 aliphatic carbocycles. The van der Waals surface area contributed by atoms with E-state index in [2.05, 4.69) is 24.4 Å². The average molecular weight is 241 g/mol. The summed E-state index contributed by atoms with van der Waals surface area (Å²) in [4.78, 5) is 14.0. The molecule has 90 valence electrons. The van der Waals surface area contributed by atoms with E-state index < -0.39 is 0 Å². The number of esters is 1. The van der Waals surface area contributed by atoms with Crippen LogP contribution in [0.1, 0.15) is 30.0 Å². The van der Waals surface area contributed by atoms with E-state index >= 15 is 0 Å². The monoisotopic (exact) mass is 241 g/mol.